The monoisotopic (exact) mass is 306 g/mol. The van der Waals surface area contributed by atoms with E-state index in [1.54, 1.807) is 13.8 Å². The summed E-state index contributed by atoms with van der Waals surface area (Å²) in [6.45, 7) is 3.37. The van der Waals surface area contributed by atoms with Crippen molar-refractivity contribution in [3.05, 3.63) is 10.7 Å². The van der Waals surface area contributed by atoms with Crippen molar-refractivity contribution >= 4 is 27.3 Å². The molecule has 1 heterocycles. The number of nitrogens with two attached hydrogens (primary N) is 1. The first-order valence-electron chi connectivity index (χ1n) is 4.12. The number of carboxylic acid groups (broad SMARTS) is 1. The van der Waals surface area contributed by atoms with E-state index in [4.69, 9.17) is 15.0 Å². The van der Waals surface area contributed by atoms with E-state index in [1.807, 2.05) is 0 Å². The molecule has 0 amide bonds. The fourth-order valence-corrected chi connectivity index (χ4v) is 2.70. The fourth-order valence-electron chi connectivity index (χ4n) is 0.777. The minimum atomic E-state index is -5.08. The second-order valence-corrected chi connectivity index (χ2v) is 5.91. The topological polar surface area (TPSA) is 110 Å². The van der Waals surface area contributed by atoms with Crippen LogP contribution in [0.25, 0.3) is 0 Å². The van der Waals surface area contributed by atoms with Gasteiger partial charge >= 0.3 is 12.1 Å². The maximum atomic E-state index is 10.8. The molecule has 18 heavy (non-hydrogen) atoms. The number of carbonyl (C=O) groups is 1. The molecule has 0 aromatic carbocycles. The van der Waals surface area contributed by atoms with Crippen molar-refractivity contribution in [2.45, 2.75) is 24.2 Å². The van der Waals surface area contributed by atoms with Crippen LogP contribution in [0.4, 0.5) is 13.2 Å². The Morgan fingerprint density at radius 3 is 1.89 bits per heavy atom. The molecule has 1 aromatic heterocycles. The van der Waals surface area contributed by atoms with Crippen LogP contribution in [-0.4, -0.2) is 30.7 Å². The average molecular weight is 306 g/mol. The summed E-state index contributed by atoms with van der Waals surface area (Å²) in [5, 5.41) is 12.8. The van der Waals surface area contributed by atoms with Gasteiger partial charge in [-0.05, 0) is 13.8 Å². The van der Waals surface area contributed by atoms with Crippen LogP contribution in [0.5, 0.6) is 0 Å². The van der Waals surface area contributed by atoms with Gasteiger partial charge in [0, 0.05) is 0 Å². The molecule has 104 valence electrons. The summed E-state index contributed by atoms with van der Waals surface area (Å²) in [6.07, 6.45) is -5.08. The number of aryl methyl sites for hydroxylation is 2. The van der Waals surface area contributed by atoms with E-state index in [0.717, 1.165) is 11.3 Å². The number of aromatic nitrogens is 1. The molecule has 0 aliphatic rings. The van der Waals surface area contributed by atoms with Crippen LogP contribution in [0.15, 0.2) is 4.21 Å². The van der Waals surface area contributed by atoms with Crippen molar-refractivity contribution in [3.8, 4) is 0 Å². The molecular weight excluding hydrogens is 297 g/mol. The van der Waals surface area contributed by atoms with Crippen LogP contribution in [0, 0.1) is 13.8 Å². The van der Waals surface area contributed by atoms with E-state index >= 15 is 0 Å². The lowest BCUT2D eigenvalue weighted by atomic mass is 10.6. The lowest BCUT2D eigenvalue weighted by Gasteiger charge is -1.93. The van der Waals surface area contributed by atoms with Crippen molar-refractivity contribution in [2.24, 2.45) is 5.14 Å². The van der Waals surface area contributed by atoms with E-state index < -0.39 is 22.2 Å². The number of thiazole rings is 1. The summed E-state index contributed by atoms with van der Waals surface area (Å²) in [4.78, 5) is 12.8. The third-order valence-corrected chi connectivity index (χ3v) is 3.99. The zero-order valence-electron chi connectivity index (χ0n) is 9.15. The third kappa shape index (κ3) is 5.42. The number of rotatable bonds is 1. The zero-order chi connectivity index (χ0) is 14.7. The molecule has 6 nitrogen and oxygen atoms in total. The highest BCUT2D eigenvalue weighted by atomic mass is 32.2. The predicted octanol–water partition coefficient (Wildman–Crippen LogP) is 1.04. The van der Waals surface area contributed by atoms with E-state index in [-0.39, 0.29) is 4.21 Å². The SMILES string of the molecule is Cc1nc(C)c(S(N)(=O)=O)s1.O=C(O)C(F)(F)F. The second kappa shape index (κ2) is 5.63. The van der Waals surface area contributed by atoms with Crippen molar-refractivity contribution in [3.63, 3.8) is 0 Å². The zero-order valence-corrected chi connectivity index (χ0v) is 10.8. The standard InChI is InChI=1S/C5H8N2O2S2.C2HF3O2/c1-3-5(11(6,8)9)10-4(2)7-3;3-2(4,5)1(6)7/h1-2H3,(H2,6,8,9);(H,6,7). The smallest absolute Gasteiger partial charge is 0.475 e. The Labute approximate surface area is 104 Å². The highest BCUT2D eigenvalue weighted by molar-refractivity contribution is 7.91. The number of aliphatic carboxylic acids is 1. The number of alkyl halides is 3. The summed E-state index contributed by atoms with van der Waals surface area (Å²) in [5.74, 6) is -2.76. The van der Waals surface area contributed by atoms with Gasteiger partial charge in [0.05, 0.1) is 10.7 Å². The van der Waals surface area contributed by atoms with Gasteiger partial charge < -0.3 is 5.11 Å². The third-order valence-electron chi connectivity index (χ3n) is 1.36. The number of nitrogens with zero attached hydrogens (tertiary/aromatic N) is 1. The Hall–Kier alpha value is -1.20. The maximum Gasteiger partial charge on any atom is 0.490 e. The lowest BCUT2D eigenvalue weighted by molar-refractivity contribution is -0.192. The van der Waals surface area contributed by atoms with Crippen LogP contribution in [0.2, 0.25) is 0 Å². The van der Waals surface area contributed by atoms with Crippen molar-refractivity contribution in [2.75, 3.05) is 0 Å². The Kier molecular flexibility index (Phi) is 5.25. The van der Waals surface area contributed by atoms with Gasteiger partial charge in [-0.3, -0.25) is 0 Å². The average Bonchev–Trinajstić information content (AvgIpc) is 2.43. The van der Waals surface area contributed by atoms with Crippen LogP contribution in [-0.2, 0) is 14.8 Å². The molecule has 0 aliphatic heterocycles. The van der Waals surface area contributed by atoms with Crippen LogP contribution >= 0.6 is 11.3 Å². The van der Waals surface area contributed by atoms with E-state index in [1.165, 1.54) is 0 Å². The van der Waals surface area contributed by atoms with E-state index in [2.05, 4.69) is 4.98 Å². The van der Waals surface area contributed by atoms with Gasteiger partial charge in [0.15, 0.2) is 4.21 Å². The molecule has 0 fully saturated rings. The molecule has 0 saturated carbocycles. The fraction of sp³-hybridized carbons (Fsp3) is 0.429. The summed E-state index contributed by atoms with van der Waals surface area (Å²) in [7, 11) is -3.56. The van der Waals surface area contributed by atoms with Gasteiger partial charge in [-0.2, -0.15) is 13.2 Å². The maximum absolute atomic E-state index is 10.8. The minimum absolute atomic E-state index is 0.162. The van der Waals surface area contributed by atoms with Crippen LogP contribution in [0.1, 0.15) is 10.7 Å². The number of primary sulfonamides is 1. The molecule has 11 heteroatoms. The number of hydrogen-bond donors (Lipinski definition) is 2. The molecular formula is C7H9F3N2O4S2. The molecule has 0 bridgehead atoms. The van der Waals surface area contributed by atoms with Gasteiger partial charge in [0.25, 0.3) is 0 Å². The summed E-state index contributed by atoms with van der Waals surface area (Å²) in [6, 6.07) is 0. The number of sulfonamides is 1. The van der Waals surface area contributed by atoms with Crippen molar-refractivity contribution in [1.29, 1.82) is 0 Å². The Balaban J connectivity index is 0.000000360. The van der Waals surface area contributed by atoms with Crippen molar-refractivity contribution < 1.29 is 31.5 Å². The van der Waals surface area contributed by atoms with Crippen molar-refractivity contribution in [1.82, 2.24) is 4.98 Å². The summed E-state index contributed by atoms with van der Waals surface area (Å²) in [5.41, 5.74) is 0.481. The molecule has 0 saturated heterocycles. The van der Waals surface area contributed by atoms with E-state index in [0.29, 0.717) is 10.7 Å². The molecule has 0 atom stereocenters. The number of carboxylic acids is 1. The molecule has 0 spiro atoms. The van der Waals surface area contributed by atoms with E-state index in [9.17, 15) is 21.6 Å². The van der Waals surface area contributed by atoms with Gasteiger partial charge in [-0.1, -0.05) is 0 Å². The van der Waals surface area contributed by atoms with Gasteiger partial charge in [-0.25, -0.2) is 23.3 Å². The Bertz CT molecular complexity index is 535. The molecule has 1 rings (SSSR count). The highest BCUT2D eigenvalue weighted by Gasteiger charge is 2.38. The number of hydrogen-bond acceptors (Lipinski definition) is 5. The lowest BCUT2D eigenvalue weighted by Crippen LogP contribution is -2.21. The minimum Gasteiger partial charge on any atom is -0.475 e. The van der Waals surface area contributed by atoms with Crippen LogP contribution in [0.3, 0.4) is 0 Å². The highest BCUT2D eigenvalue weighted by Crippen LogP contribution is 2.20. The second-order valence-electron chi connectivity index (χ2n) is 2.95. The first-order chi connectivity index (χ1) is 7.85. The van der Waals surface area contributed by atoms with Gasteiger partial charge in [0.1, 0.15) is 0 Å². The first kappa shape index (κ1) is 16.8. The summed E-state index contributed by atoms with van der Waals surface area (Å²) >= 11 is 1.10. The quantitative estimate of drug-likeness (QED) is 0.805. The summed E-state index contributed by atoms with van der Waals surface area (Å²) < 4.78 is 53.5. The number of halogens is 3. The first-order valence-corrected chi connectivity index (χ1v) is 6.49. The van der Waals surface area contributed by atoms with Gasteiger partial charge in [0.2, 0.25) is 10.0 Å². The normalized spacial score (nSPS) is 11.7. The molecule has 0 aliphatic carbocycles. The largest absolute Gasteiger partial charge is 0.490 e. The predicted molar refractivity (Wildman–Crippen MR) is 56.7 cm³/mol. The van der Waals surface area contributed by atoms with Gasteiger partial charge in [-0.15, -0.1) is 11.3 Å². The molecule has 1 aromatic rings. The Morgan fingerprint density at radius 1 is 1.39 bits per heavy atom. The molecule has 3 N–H and O–H groups in total. The molecule has 0 unspecified atom stereocenters. The Morgan fingerprint density at radius 2 is 1.78 bits per heavy atom. The molecule has 0 radical (unpaired) electrons. The van der Waals surface area contributed by atoms with Crippen LogP contribution < -0.4 is 5.14 Å².